The van der Waals surface area contributed by atoms with E-state index in [4.69, 9.17) is 9.84 Å². The summed E-state index contributed by atoms with van der Waals surface area (Å²) in [6.07, 6.45) is 1.83. The van der Waals surface area contributed by atoms with Gasteiger partial charge in [-0.25, -0.2) is 0 Å². The predicted octanol–water partition coefficient (Wildman–Crippen LogP) is -0.380. The molecule has 0 aromatic carbocycles. The number of hydrogen-bond acceptors (Lipinski definition) is 3. The molecule has 0 spiro atoms. The lowest BCUT2D eigenvalue weighted by atomic mass is 9.98. The zero-order valence-corrected chi connectivity index (χ0v) is 8.24. The van der Waals surface area contributed by atoms with Crippen molar-refractivity contribution in [2.75, 3.05) is 0 Å². The minimum atomic E-state index is -0.0810. The van der Waals surface area contributed by atoms with E-state index >= 15 is 0 Å². The largest absolute Gasteiger partial charge is 0.489 e. The molecule has 0 aliphatic carbocycles. The van der Waals surface area contributed by atoms with Crippen LogP contribution in [0.15, 0.2) is 12.3 Å². The molecule has 0 aliphatic rings. The van der Waals surface area contributed by atoms with Crippen LogP contribution in [0.25, 0.3) is 0 Å². The first-order valence-corrected chi connectivity index (χ1v) is 4.36. The van der Waals surface area contributed by atoms with Crippen LogP contribution in [-0.2, 0) is 6.61 Å². The summed E-state index contributed by atoms with van der Waals surface area (Å²) in [5.74, 6) is 0.678. The van der Waals surface area contributed by atoms with E-state index in [1.165, 1.54) is 0 Å². The normalized spacial score (nSPS) is 10.5. The minimum Gasteiger partial charge on any atom is -0.489 e. The van der Waals surface area contributed by atoms with Gasteiger partial charge in [0.05, 0.1) is 12.7 Å². The van der Waals surface area contributed by atoms with E-state index in [0.29, 0.717) is 11.4 Å². The first-order valence-electron chi connectivity index (χ1n) is 4.36. The van der Waals surface area contributed by atoms with Gasteiger partial charge in [0, 0.05) is 6.20 Å². The Bertz CT molecular complexity index is 289. The summed E-state index contributed by atoms with van der Waals surface area (Å²) in [7, 11) is 1.95. The fourth-order valence-corrected chi connectivity index (χ4v) is 1.05. The van der Waals surface area contributed by atoms with Crippen LogP contribution in [0.5, 0.6) is 5.75 Å². The fourth-order valence-electron chi connectivity index (χ4n) is 1.05. The second-order valence-corrected chi connectivity index (χ2v) is 3.28. The molecule has 1 aromatic rings. The van der Waals surface area contributed by atoms with Crippen molar-refractivity contribution in [1.82, 2.24) is 4.98 Å². The van der Waals surface area contributed by atoms with Gasteiger partial charge in [0.25, 0.3) is 0 Å². The maximum absolute atomic E-state index is 8.98. The van der Waals surface area contributed by atoms with Crippen molar-refractivity contribution in [3.63, 3.8) is 0 Å². The molecule has 0 saturated heterocycles. The van der Waals surface area contributed by atoms with Crippen molar-refractivity contribution in [3.05, 3.63) is 18.0 Å². The molecule has 3 nitrogen and oxygen atoms in total. The molecule has 70 valence electrons. The summed E-state index contributed by atoms with van der Waals surface area (Å²) >= 11 is 0. The molecule has 0 saturated carbocycles. The van der Waals surface area contributed by atoms with Crippen molar-refractivity contribution in [1.29, 1.82) is 0 Å². The first kappa shape index (κ1) is 10.1. The zero-order chi connectivity index (χ0) is 9.84. The van der Waals surface area contributed by atoms with E-state index in [1.54, 1.807) is 6.20 Å². The third-order valence-corrected chi connectivity index (χ3v) is 1.58. The minimum absolute atomic E-state index is 0.0810. The number of nitrogens with zero attached hydrogens (tertiary/aromatic N) is 1. The third-order valence-electron chi connectivity index (χ3n) is 1.58. The summed E-state index contributed by atoms with van der Waals surface area (Å²) in [5, 5.41) is 8.98. The van der Waals surface area contributed by atoms with Crippen LogP contribution in [0.4, 0.5) is 0 Å². The third kappa shape index (κ3) is 2.74. The molecule has 4 heteroatoms. The number of hydrogen-bond donors (Lipinski definition) is 1. The number of aromatic nitrogens is 1. The molecule has 1 heterocycles. The quantitative estimate of drug-likeness (QED) is 0.643. The number of ether oxygens (including phenoxy) is 1. The van der Waals surface area contributed by atoms with Crippen LogP contribution >= 0.6 is 0 Å². The fraction of sp³-hybridized carbons (Fsp3) is 0.444. The molecule has 1 rings (SSSR count). The molecule has 0 bridgehead atoms. The van der Waals surface area contributed by atoms with Gasteiger partial charge < -0.3 is 9.84 Å². The maximum Gasteiger partial charge on any atom is 0.143 e. The average Bonchev–Trinajstić information content (AvgIpc) is 2.03. The summed E-state index contributed by atoms with van der Waals surface area (Å²) in [4.78, 5) is 4.07. The molecule has 0 amide bonds. The van der Waals surface area contributed by atoms with Crippen LogP contribution in [0.2, 0.25) is 0 Å². The van der Waals surface area contributed by atoms with E-state index in [2.05, 4.69) is 4.98 Å². The van der Waals surface area contributed by atoms with Gasteiger partial charge in [-0.15, -0.1) is 0 Å². The van der Waals surface area contributed by atoms with Crippen LogP contribution in [0.1, 0.15) is 19.5 Å². The number of pyridine rings is 1. The average molecular weight is 179 g/mol. The molecular weight excluding hydrogens is 165 g/mol. The Morgan fingerprint density at radius 1 is 1.62 bits per heavy atom. The van der Waals surface area contributed by atoms with E-state index in [-0.39, 0.29) is 12.7 Å². The van der Waals surface area contributed by atoms with Gasteiger partial charge in [0.1, 0.15) is 19.3 Å². The van der Waals surface area contributed by atoms with Gasteiger partial charge in [-0.05, 0) is 19.9 Å². The Morgan fingerprint density at radius 3 is 2.85 bits per heavy atom. The van der Waals surface area contributed by atoms with Crippen molar-refractivity contribution in [2.45, 2.75) is 26.6 Å². The smallest absolute Gasteiger partial charge is 0.143 e. The van der Waals surface area contributed by atoms with Crippen LogP contribution < -0.4 is 10.2 Å². The molecule has 1 aromatic heterocycles. The standard InChI is InChI=1S/C9H14BNO2/c1-6(2)13-9-3-7(10)4-11-8(9)5-12/h3-4,6,12H,5,10H2,1-2H3. The number of aliphatic hydroxyl groups excluding tert-OH is 1. The SMILES string of the molecule is Bc1cnc(CO)c(OC(C)C)c1. The van der Waals surface area contributed by atoms with Crippen molar-refractivity contribution < 1.29 is 9.84 Å². The zero-order valence-electron chi connectivity index (χ0n) is 8.24. The first-order chi connectivity index (χ1) is 6.13. The van der Waals surface area contributed by atoms with Gasteiger partial charge in [0.15, 0.2) is 0 Å². The molecular formula is C9H14BNO2. The molecule has 0 radical (unpaired) electrons. The van der Waals surface area contributed by atoms with Gasteiger partial charge >= 0.3 is 0 Å². The Morgan fingerprint density at radius 2 is 2.31 bits per heavy atom. The topological polar surface area (TPSA) is 42.4 Å². The van der Waals surface area contributed by atoms with E-state index in [1.807, 2.05) is 27.8 Å². The summed E-state index contributed by atoms with van der Waals surface area (Å²) < 4.78 is 5.49. The molecule has 0 unspecified atom stereocenters. The Kier molecular flexibility index (Phi) is 3.31. The highest BCUT2D eigenvalue weighted by atomic mass is 16.5. The Hall–Kier alpha value is -1.03. The Labute approximate surface area is 79.2 Å². The van der Waals surface area contributed by atoms with Crippen LogP contribution in [0, 0.1) is 0 Å². The monoisotopic (exact) mass is 179 g/mol. The number of aliphatic hydroxyl groups is 1. The molecule has 1 N–H and O–H groups in total. The van der Waals surface area contributed by atoms with Gasteiger partial charge in [-0.3, -0.25) is 4.98 Å². The maximum atomic E-state index is 8.98. The molecule has 13 heavy (non-hydrogen) atoms. The summed E-state index contributed by atoms with van der Waals surface area (Å²) in [6.45, 7) is 3.81. The Balaban J connectivity index is 2.94. The van der Waals surface area contributed by atoms with Crippen LogP contribution in [-0.4, -0.2) is 24.0 Å². The van der Waals surface area contributed by atoms with Gasteiger partial charge in [0.2, 0.25) is 0 Å². The highest BCUT2D eigenvalue weighted by molar-refractivity contribution is 6.32. The highest BCUT2D eigenvalue weighted by Crippen LogP contribution is 2.15. The number of rotatable bonds is 3. The molecule has 0 aliphatic heterocycles. The van der Waals surface area contributed by atoms with Crippen molar-refractivity contribution in [3.8, 4) is 5.75 Å². The van der Waals surface area contributed by atoms with Crippen molar-refractivity contribution >= 4 is 13.3 Å². The highest BCUT2D eigenvalue weighted by Gasteiger charge is 2.05. The molecule has 0 atom stereocenters. The van der Waals surface area contributed by atoms with E-state index < -0.39 is 0 Å². The lowest BCUT2D eigenvalue weighted by Gasteiger charge is -2.12. The second kappa shape index (κ2) is 4.28. The van der Waals surface area contributed by atoms with Crippen LogP contribution in [0.3, 0.4) is 0 Å². The summed E-state index contributed by atoms with van der Waals surface area (Å²) in [5.41, 5.74) is 1.63. The van der Waals surface area contributed by atoms with Crippen molar-refractivity contribution in [2.24, 2.45) is 0 Å². The van der Waals surface area contributed by atoms with E-state index in [0.717, 1.165) is 5.46 Å². The van der Waals surface area contributed by atoms with Gasteiger partial charge in [-0.2, -0.15) is 0 Å². The van der Waals surface area contributed by atoms with Gasteiger partial charge in [-0.1, -0.05) is 5.46 Å². The molecule has 0 fully saturated rings. The lowest BCUT2D eigenvalue weighted by molar-refractivity contribution is 0.222. The summed E-state index contributed by atoms with van der Waals surface area (Å²) in [6, 6.07) is 1.89. The predicted molar refractivity (Wildman–Crippen MR) is 54.1 cm³/mol. The second-order valence-electron chi connectivity index (χ2n) is 3.28. The van der Waals surface area contributed by atoms with E-state index in [9.17, 15) is 0 Å². The lowest BCUT2D eigenvalue weighted by Crippen LogP contribution is -2.12.